The van der Waals surface area contributed by atoms with E-state index >= 15 is 0 Å². The first-order chi connectivity index (χ1) is 8.05. The van der Waals surface area contributed by atoms with Crippen LogP contribution in [-0.4, -0.2) is 14.2 Å². The molecular formula is C13H17NO2S. The van der Waals surface area contributed by atoms with Crippen LogP contribution in [0.2, 0.25) is 0 Å². The molecule has 17 heavy (non-hydrogen) atoms. The van der Waals surface area contributed by atoms with Gasteiger partial charge in [0, 0.05) is 6.42 Å². The third-order valence-corrected chi connectivity index (χ3v) is 4.63. The van der Waals surface area contributed by atoms with Gasteiger partial charge in [0.2, 0.25) is 0 Å². The predicted octanol–water partition coefficient (Wildman–Crippen LogP) is 2.89. The highest BCUT2D eigenvalue weighted by molar-refractivity contribution is 7.91. The fourth-order valence-corrected chi connectivity index (χ4v) is 2.67. The highest BCUT2D eigenvalue weighted by Gasteiger charge is 2.15. The molecule has 4 heteroatoms. The van der Waals surface area contributed by atoms with Crippen molar-refractivity contribution in [3.63, 3.8) is 0 Å². The molecule has 0 saturated carbocycles. The van der Waals surface area contributed by atoms with Gasteiger partial charge in [-0.1, -0.05) is 26.0 Å². The second-order valence-electron chi connectivity index (χ2n) is 3.94. The Morgan fingerprint density at radius 2 is 2.06 bits per heavy atom. The minimum atomic E-state index is -3.16. The normalized spacial score (nSPS) is 13.0. The topological polar surface area (TPSA) is 57.9 Å². The number of sulfone groups is 1. The lowest BCUT2D eigenvalue weighted by atomic mass is 9.94. The average molecular weight is 251 g/mol. The van der Waals surface area contributed by atoms with Gasteiger partial charge in [0.1, 0.15) is 0 Å². The predicted molar refractivity (Wildman–Crippen MR) is 67.4 cm³/mol. The van der Waals surface area contributed by atoms with Crippen LogP contribution >= 0.6 is 0 Å². The average Bonchev–Trinajstić information content (AvgIpc) is 2.36. The Morgan fingerprint density at radius 1 is 1.35 bits per heavy atom. The maximum Gasteiger partial charge on any atom is 0.178 e. The molecule has 0 radical (unpaired) electrons. The van der Waals surface area contributed by atoms with Crippen LogP contribution in [0.3, 0.4) is 0 Å². The summed E-state index contributed by atoms with van der Waals surface area (Å²) in [7, 11) is -3.16. The molecule has 92 valence electrons. The molecule has 1 aromatic rings. The maximum absolute atomic E-state index is 11.8. The number of benzene rings is 1. The van der Waals surface area contributed by atoms with Crippen molar-refractivity contribution in [2.75, 3.05) is 5.75 Å². The van der Waals surface area contributed by atoms with Gasteiger partial charge in [0.25, 0.3) is 0 Å². The second-order valence-corrected chi connectivity index (χ2v) is 6.22. The molecule has 0 amide bonds. The molecule has 0 bridgehead atoms. The molecule has 1 rings (SSSR count). The Bertz CT molecular complexity index is 514. The van der Waals surface area contributed by atoms with E-state index in [2.05, 4.69) is 6.07 Å². The third-order valence-electron chi connectivity index (χ3n) is 2.90. The van der Waals surface area contributed by atoms with E-state index in [1.807, 2.05) is 13.0 Å². The number of hydrogen-bond donors (Lipinski definition) is 0. The lowest BCUT2D eigenvalue weighted by molar-refractivity contribution is 0.596. The summed E-state index contributed by atoms with van der Waals surface area (Å²) in [6.07, 6.45) is 1.26. The Hall–Kier alpha value is -1.34. The zero-order valence-electron chi connectivity index (χ0n) is 10.2. The van der Waals surface area contributed by atoms with Crippen LogP contribution in [0.5, 0.6) is 0 Å². The van der Waals surface area contributed by atoms with Gasteiger partial charge in [-0.05, 0) is 30.0 Å². The molecule has 0 heterocycles. The Balaban J connectivity index is 3.14. The van der Waals surface area contributed by atoms with Gasteiger partial charge in [0.05, 0.1) is 16.7 Å². The molecule has 0 aliphatic carbocycles. The lowest BCUT2D eigenvalue weighted by Crippen LogP contribution is -2.05. The van der Waals surface area contributed by atoms with Crippen molar-refractivity contribution in [1.29, 1.82) is 5.26 Å². The highest BCUT2D eigenvalue weighted by Crippen LogP contribution is 2.25. The van der Waals surface area contributed by atoms with E-state index in [0.29, 0.717) is 11.3 Å². The van der Waals surface area contributed by atoms with Crippen molar-refractivity contribution >= 4 is 9.84 Å². The molecule has 0 aliphatic rings. The summed E-state index contributed by atoms with van der Waals surface area (Å²) in [6, 6.07) is 9.09. The van der Waals surface area contributed by atoms with E-state index in [-0.39, 0.29) is 11.7 Å². The van der Waals surface area contributed by atoms with Crippen molar-refractivity contribution in [2.24, 2.45) is 0 Å². The van der Waals surface area contributed by atoms with Gasteiger partial charge >= 0.3 is 0 Å². The van der Waals surface area contributed by atoms with Crippen LogP contribution in [-0.2, 0) is 9.84 Å². The lowest BCUT2D eigenvalue weighted by Gasteiger charge is -2.12. The van der Waals surface area contributed by atoms with Crippen molar-refractivity contribution in [3.8, 4) is 6.07 Å². The van der Waals surface area contributed by atoms with E-state index in [9.17, 15) is 8.42 Å². The summed E-state index contributed by atoms with van der Waals surface area (Å²) < 4.78 is 23.5. The van der Waals surface area contributed by atoms with Gasteiger partial charge < -0.3 is 0 Å². The Labute approximate surface area is 103 Å². The standard InChI is InChI=1S/C13H17NO2S/c1-3-11(8-9-14)12-6-5-7-13(10-12)17(15,16)4-2/h5-7,10-11H,3-4,8H2,1-2H3. The minimum absolute atomic E-state index is 0.103. The summed E-state index contributed by atoms with van der Waals surface area (Å²) in [4.78, 5) is 0.355. The van der Waals surface area contributed by atoms with Crippen molar-refractivity contribution in [1.82, 2.24) is 0 Å². The first-order valence-electron chi connectivity index (χ1n) is 5.74. The quantitative estimate of drug-likeness (QED) is 0.808. The maximum atomic E-state index is 11.8. The van der Waals surface area contributed by atoms with Crippen molar-refractivity contribution in [2.45, 2.75) is 37.5 Å². The van der Waals surface area contributed by atoms with E-state index in [4.69, 9.17) is 5.26 Å². The van der Waals surface area contributed by atoms with Crippen molar-refractivity contribution in [3.05, 3.63) is 29.8 Å². The molecule has 0 fully saturated rings. The van der Waals surface area contributed by atoms with Gasteiger partial charge in [-0.3, -0.25) is 0 Å². The van der Waals surface area contributed by atoms with Crippen LogP contribution in [0.25, 0.3) is 0 Å². The van der Waals surface area contributed by atoms with Gasteiger partial charge in [0.15, 0.2) is 9.84 Å². The summed E-state index contributed by atoms with van der Waals surface area (Å²) >= 11 is 0. The molecule has 0 aromatic heterocycles. The zero-order chi connectivity index (χ0) is 12.9. The number of hydrogen-bond acceptors (Lipinski definition) is 3. The molecule has 0 aliphatic heterocycles. The minimum Gasteiger partial charge on any atom is -0.224 e. The van der Waals surface area contributed by atoms with Crippen LogP contribution < -0.4 is 0 Å². The highest BCUT2D eigenvalue weighted by atomic mass is 32.2. The summed E-state index contributed by atoms with van der Waals surface area (Å²) in [5.41, 5.74) is 0.934. The molecular weight excluding hydrogens is 234 g/mol. The fraction of sp³-hybridized carbons (Fsp3) is 0.462. The number of rotatable bonds is 5. The van der Waals surface area contributed by atoms with Gasteiger partial charge in [-0.25, -0.2) is 8.42 Å². The smallest absolute Gasteiger partial charge is 0.178 e. The Morgan fingerprint density at radius 3 is 2.59 bits per heavy atom. The fourth-order valence-electron chi connectivity index (χ4n) is 1.74. The second kappa shape index (κ2) is 5.83. The molecule has 1 aromatic carbocycles. The van der Waals surface area contributed by atoms with Gasteiger partial charge in [-0.2, -0.15) is 5.26 Å². The zero-order valence-corrected chi connectivity index (χ0v) is 11.0. The first-order valence-corrected chi connectivity index (χ1v) is 7.40. The monoisotopic (exact) mass is 251 g/mol. The van der Waals surface area contributed by atoms with Crippen molar-refractivity contribution < 1.29 is 8.42 Å². The summed E-state index contributed by atoms with van der Waals surface area (Å²) in [6.45, 7) is 3.64. The third kappa shape index (κ3) is 3.31. The molecule has 1 unspecified atom stereocenters. The molecule has 0 saturated heterocycles. The summed E-state index contributed by atoms with van der Waals surface area (Å²) in [5, 5.41) is 8.74. The number of nitrogens with zero attached hydrogens (tertiary/aromatic N) is 1. The van der Waals surface area contributed by atoms with Crippen LogP contribution in [0.15, 0.2) is 29.2 Å². The molecule has 0 N–H and O–H groups in total. The number of nitriles is 1. The van der Waals surface area contributed by atoms with Crippen LogP contribution in [0.1, 0.15) is 38.2 Å². The first kappa shape index (κ1) is 13.7. The summed E-state index contributed by atoms with van der Waals surface area (Å²) in [5.74, 6) is 0.220. The largest absolute Gasteiger partial charge is 0.224 e. The van der Waals surface area contributed by atoms with E-state index in [0.717, 1.165) is 12.0 Å². The Kier molecular flexibility index (Phi) is 4.71. The van der Waals surface area contributed by atoms with E-state index in [1.54, 1.807) is 25.1 Å². The van der Waals surface area contributed by atoms with E-state index < -0.39 is 9.84 Å². The van der Waals surface area contributed by atoms with Gasteiger partial charge in [-0.15, -0.1) is 0 Å². The van der Waals surface area contributed by atoms with Crippen LogP contribution in [0, 0.1) is 11.3 Å². The molecule has 3 nitrogen and oxygen atoms in total. The molecule has 0 spiro atoms. The molecule has 1 atom stereocenters. The van der Waals surface area contributed by atoms with Crippen LogP contribution in [0.4, 0.5) is 0 Å². The van der Waals surface area contributed by atoms with E-state index in [1.165, 1.54) is 0 Å². The SMILES string of the molecule is CCC(CC#N)c1cccc(S(=O)(=O)CC)c1.